The summed E-state index contributed by atoms with van der Waals surface area (Å²) in [6.07, 6.45) is 3.44. The Labute approximate surface area is 92.1 Å². The van der Waals surface area contributed by atoms with Crippen LogP contribution in [0, 0.1) is 6.92 Å². The number of carbonyl (C=O) groups excluding carboxylic acids is 1. The smallest absolute Gasteiger partial charge is 0.161 e. The highest BCUT2D eigenvalue weighted by atomic mass is 32.2. The van der Waals surface area contributed by atoms with Crippen molar-refractivity contribution in [2.45, 2.75) is 25.7 Å². The molecule has 0 aromatic carbocycles. The lowest BCUT2D eigenvalue weighted by molar-refractivity contribution is 0.112. The monoisotopic (exact) mass is 227 g/mol. The fraction of sp³-hybridized carbons (Fsp3) is 0.600. The largest absolute Gasteiger partial charge is 0.297 e. The molecule has 76 valence electrons. The Morgan fingerprint density at radius 3 is 3.00 bits per heavy atom. The molecule has 1 aromatic heterocycles. The standard InChI is InChI=1S/C10H13NOS2/c1-7-9(5-12)14-10(11-7)8-3-2-4-13-6-8/h5,8H,2-4,6H2,1H3. The summed E-state index contributed by atoms with van der Waals surface area (Å²) in [5.41, 5.74) is 0.899. The molecule has 0 saturated carbocycles. The molecule has 0 N–H and O–H groups in total. The summed E-state index contributed by atoms with van der Waals surface area (Å²) < 4.78 is 0. The summed E-state index contributed by atoms with van der Waals surface area (Å²) in [6.45, 7) is 1.92. The maximum atomic E-state index is 10.7. The van der Waals surface area contributed by atoms with Crippen LogP contribution >= 0.6 is 23.1 Å². The molecule has 0 spiro atoms. The molecule has 2 rings (SSSR count). The zero-order chi connectivity index (χ0) is 9.97. The van der Waals surface area contributed by atoms with Crippen molar-refractivity contribution in [1.82, 2.24) is 4.98 Å². The summed E-state index contributed by atoms with van der Waals surface area (Å²) in [5, 5.41) is 1.16. The number of hydrogen-bond donors (Lipinski definition) is 0. The first kappa shape index (κ1) is 10.2. The molecule has 0 bridgehead atoms. The summed E-state index contributed by atoms with van der Waals surface area (Å²) in [5.74, 6) is 3.04. The predicted molar refractivity (Wildman–Crippen MR) is 61.5 cm³/mol. The van der Waals surface area contributed by atoms with E-state index in [1.165, 1.54) is 24.3 Å². The molecule has 1 saturated heterocycles. The van der Waals surface area contributed by atoms with Crippen molar-refractivity contribution in [1.29, 1.82) is 0 Å². The summed E-state index contributed by atoms with van der Waals surface area (Å²) in [4.78, 5) is 16.0. The maximum absolute atomic E-state index is 10.7. The highest BCUT2D eigenvalue weighted by Crippen LogP contribution is 2.33. The number of rotatable bonds is 2. The van der Waals surface area contributed by atoms with E-state index in [1.54, 1.807) is 11.3 Å². The lowest BCUT2D eigenvalue weighted by atomic mass is 10.1. The number of hydrogen-bond acceptors (Lipinski definition) is 4. The Bertz CT molecular complexity index is 329. The molecule has 1 aliphatic heterocycles. The molecule has 14 heavy (non-hydrogen) atoms. The molecule has 4 heteroatoms. The number of thiazole rings is 1. The molecular formula is C10H13NOS2. The van der Waals surface area contributed by atoms with Crippen molar-refractivity contribution in [3.8, 4) is 0 Å². The van der Waals surface area contributed by atoms with Gasteiger partial charge in [-0.1, -0.05) is 0 Å². The molecule has 1 unspecified atom stereocenters. The highest BCUT2D eigenvalue weighted by Gasteiger charge is 2.20. The van der Waals surface area contributed by atoms with Crippen LogP contribution in [-0.2, 0) is 0 Å². The van der Waals surface area contributed by atoms with E-state index in [4.69, 9.17) is 0 Å². The first-order valence-corrected chi connectivity index (χ1v) is 6.78. The van der Waals surface area contributed by atoms with Gasteiger partial charge in [-0.25, -0.2) is 4.98 Å². The molecule has 2 nitrogen and oxygen atoms in total. The van der Waals surface area contributed by atoms with Crippen molar-refractivity contribution in [3.63, 3.8) is 0 Å². The van der Waals surface area contributed by atoms with E-state index >= 15 is 0 Å². The van der Waals surface area contributed by atoms with Crippen molar-refractivity contribution >= 4 is 29.4 Å². The van der Waals surface area contributed by atoms with Gasteiger partial charge in [-0.05, 0) is 25.5 Å². The van der Waals surface area contributed by atoms with E-state index in [1.807, 2.05) is 18.7 Å². The molecule has 0 aliphatic carbocycles. The molecule has 1 fully saturated rings. The summed E-state index contributed by atoms with van der Waals surface area (Å²) >= 11 is 3.57. The van der Waals surface area contributed by atoms with Crippen LogP contribution in [0.2, 0.25) is 0 Å². The number of thioether (sulfide) groups is 1. The van der Waals surface area contributed by atoms with Crippen molar-refractivity contribution in [2.24, 2.45) is 0 Å². The quantitative estimate of drug-likeness (QED) is 0.728. The first-order valence-electron chi connectivity index (χ1n) is 4.81. The Kier molecular flexibility index (Phi) is 3.23. The number of carbonyl (C=O) groups is 1. The van der Waals surface area contributed by atoms with Crippen molar-refractivity contribution < 1.29 is 4.79 Å². The third-order valence-corrected chi connectivity index (χ3v) is 4.93. The fourth-order valence-electron chi connectivity index (χ4n) is 1.65. The van der Waals surface area contributed by atoms with E-state index in [9.17, 15) is 4.79 Å². The minimum Gasteiger partial charge on any atom is -0.297 e. The second-order valence-electron chi connectivity index (χ2n) is 3.53. The van der Waals surface area contributed by atoms with Gasteiger partial charge in [0, 0.05) is 11.7 Å². The molecule has 0 amide bonds. The van der Waals surface area contributed by atoms with Crippen LogP contribution in [0.25, 0.3) is 0 Å². The minimum absolute atomic E-state index is 0.589. The van der Waals surface area contributed by atoms with Crippen LogP contribution in [0.15, 0.2) is 0 Å². The van der Waals surface area contributed by atoms with Crippen LogP contribution in [0.1, 0.15) is 39.1 Å². The van der Waals surface area contributed by atoms with Gasteiger partial charge >= 0.3 is 0 Å². The van der Waals surface area contributed by atoms with Crippen molar-refractivity contribution in [2.75, 3.05) is 11.5 Å². The van der Waals surface area contributed by atoms with Gasteiger partial charge in [-0.15, -0.1) is 11.3 Å². The maximum Gasteiger partial charge on any atom is 0.161 e. The van der Waals surface area contributed by atoms with Crippen LogP contribution < -0.4 is 0 Å². The van der Waals surface area contributed by atoms with E-state index in [0.29, 0.717) is 5.92 Å². The van der Waals surface area contributed by atoms with Gasteiger partial charge in [0.1, 0.15) is 0 Å². The Hall–Kier alpha value is -0.350. The van der Waals surface area contributed by atoms with E-state index in [2.05, 4.69) is 4.98 Å². The first-order chi connectivity index (χ1) is 6.81. The zero-order valence-electron chi connectivity index (χ0n) is 8.16. The van der Waals surface area contributed by atoms with Gasteiger partial charge in [0.15, 0.2) is 6.29 Å². The SMILES string of the molecule is Cc1nc(C2CCCSC2)sc1C=O. The van der Waals surface area contributed by atoms with Crippen molar-refractivity contribution in [3.05, 3.63) is 15.6 Å². The lowest BCUT2D eigenvalue weighted by Gasteiger charge is -2.18. The summed E-state index contributed by atoms with van der Waals surface area (Å²) in [7, 11) is 0. The topological polar surface area (TPSA) is 30.0 Å². The average Bonchev–Trinajstić information content (AvgIpc) is 2.61. The number of aromatic nitrogens is 1. The predicted octanol–water partition coefficient (Wildman–Crippen LogP) is 2.87. The summed E-state index contributed by atoms with van der Waals surface area (Å²) in [6, 6.07) is 0. The zero-order valence-corrected chi connectivity index (χ0v) is 9.79. The lowest BCUT2D eigenvalue weighted by Crippen LogP contribution is -2.08. The Balaban J connectivity index is 2.18. The number of aldehydes is 1. The average molecular weight is 227 g/mol. The second-order valence-corrected chi connectivity index (χ2v) is 5.75. The van der Waals surface area contributed by atoms with Gasteiger partial charge in [-0.3, -0.25) is 4.79 Å². The molecule has 1 aliphatic rings. The Morgan fingerprint density at radius 2 is 2.43 bits per heavy atom. The fourth-order valence-corrected chi connectivity index (χ4v) is 3.92. The highest BCUT2D eigenvalue weighted by molar-refractivity contribution is 7.99. The van der Waals surface area contributed by atoms with Crippen LogP contribution in [-0.4, -0.2) is 22.8 Å². The van der Waals surface area contributed by atoms with E-state index in [0.717, 1.165) is 21.9 Å². The van der Waals surface area contributed by atoms with Gasteiger partial charge in [0.05, 0.1) is 15.6 Å². The Morgan fingerprint density at radius 1 is 1.57 bits per heavy atom. The third-order valence-electron chi connectivity index (χ3n) is 2.47. The van der Waals surface area contributed by atoms with Gasteiger partial charge in [0.2, 0.25) is 0 Å². The van der Waals surface area contributed by atoms with Crippen LogP contribution in [0.3, 0.4) is 0 Å². The molecular weight excluding hydrogens is 214 g/mol. The van der Waals surface area contributed by atoms with Crippen LogP contribution in [0.4, 0.5) is 0 Å². The van der Waals surface area contributed by atoms with Crippen LogP contribution in [0.5, 0.6) is 0 Å². The van der Waals surface area contributed by atoms with Gasteiger partial charge in [-0.2, -0.15) is 11.8 Å². The normalized spacial score (nSPS) is 22.2. The van der Waals surface area contributed by atoms with E-state index < -0.39 is 0 Å². The molecule has 0 radical (unpaired) electrons. The second kappa shape index (κ2) is 4.45. The molecule has 1 aromatic rings. The molecule has 1 atom stereocenters. The van der Waals surface area contributed by atoms with E-state index in [-0.39, 0.29) is 0 Å². The number of nitrogens with zero attached hydrogens (tertiary/aromatic N) is 1. The third kappa shape index (κ3) is 2.01. The van der Waals surface area contributed by atoms with Gasteiger partial charge in [0.25, 0.3) is 0 Å². The minimum atomic E-state index is 0.589. The van der Waals surface area contributed by atoms with Gasteiger partial charge < -0.3 is 0 Å². The number of aryl methyl sites for hydroxylation is 1. The molecule has 2 heterocycles.